The van der Waals surface area contributed by atoms with Crippen molar-refractivity contribution in [2.45, 2.75) is 44.7 Å². The highest BCUT2D eigenvalue weighted by Crippen LogP contribution is 2.30. The van der Waals surface area contributed by atoms with Crippen LogP contribution >= 0.6 is 0 Å². The largest absolute Gasteiger partial charge is 0.337 e. The summed E-state index contributed by atoms with van der Waals surface area (Å²) in [6.45, 7) is 3.57. The van der Waals surface area contributed by atoms with E-state index in [4.69, 9.17) is 0 Å². The van der Waals surface area contributed by atoms with Gasteiger partial charge in [-0.2, -0.15) is 0 Å². The average Bonchev–Trinajstić information content (AvgIpc) is 2.82. The standard InChI is InChI=1S/C17H22F2N2O/c1-13-3-5-14(6-4-13)11-20-10-7-15(16(20)22)21-9-2-8-17(18,19)12-21/h3-6,15H,2,7-12H2,1H3. The van der Waals surface area contributed by atoms with Crippen LogP contribution in [0.15, 0.2) is 24.3 Å². The molecule has 2 aliphatic rings. The topological polar surface area (TPSA) is 23.6 Å². The highest BCUT2D eigenvalue weighted by molar-refractivity contribution is 5.84. The van der Waals surface area contributed by atoms with E-state index in [-0.39, 0.29) is 24.9 Å². The second-order valence-electron chi connectivity index (χ2n) is 6.48. The van der Waals surface area contributed by atoms with Gasteiger partial charge in [0.1, 0.15) is 0 Å². The Bertz CT molecular complexity index is 544. The molecule has 0 radical (unpaired) electrons. The summed E-state index contributed by atoms with van der Waals surface area (Å²) in [5.74, 6) is -2.65. The molecule has 1 atom stereocenters. The zero-order valence-electron chi connectivity index (χ0n) is 12.9. The average molecular weight is 308 g/mol. The van der Waals surface area contributed by atoms with Crippen molar-refractivity contribution in [2.24, 2.45) is 0 Å². The molecule has 22 heavy (non-hydrogen) atoms. The maximum atomic E-state index is 13.6. The van der Waals surface area contributed by atoms with E-state index in [0.717, 1.165) is 5.56 Å². The Hall–Kier alpha value is -1.49. The summed E-state index contributed by atoms with van der Waals surface area (Å²) in [5.41, 5.74) is 2.27. The predicted molar refractivity (Wildman–Crippen MR) is 80.8 cm³/mol. The Balaban J connectivity index is 1.63. The normalized spacial score (nSPS) is 25.7. The molecule has 2 heterocycles. The molecular weight excluding hydrogens is 286 g/mol. The van der Waals surface area contributed by atoms with Crippen molar-refractivity contribution in [3.05, 3.63) is 35.4 Å². The molecule has 2 aliphatic heterocycles. The maximum absolute atomic E-state index is 13.6. The quantitative estimate of drug-likeness (QED) is 0.857. The van der Waals surface area contributed by atoms with Crippen LogP contribution in [0.2, 0.25) is 0 Å². The first kappa shape index (κ1) is 15.4. The predicted octanol–water partition coefficient (Wildman–Crippen LogP) is 2.83. The lowest BCUT2D eigenvalue weighted by atomic mass is 10.0. The SMILES string of the molecule is Cc1ccc(CN2CCC(N3CCCC(F)(F)C3)C2=O)cc1. The Labute approximate surface area is 129 Å². The molecule has 0 N–H and O–H groups in total. The second-order valence-corrected chi connectivity index (χ2v) is 6.48. The van der Waals surface area contributed by atoms with Gasteiger partial charge < -0.3 is 4.90 Å². The molecule has 120 valence electrons. The number of hydrogen-bond acceptors (Lipinski definition) is 2. The number of hydrogen-bond donors (Lipinski definition) is 0. The van der Waals surface area contributed by atoms with Gasteiger partial charge in [-0.15, -0.1) is 0 Å². The zero-order valence-corrected chi connectivity index (χ0v) is 12.9. The van der Waals surface area contributed by atoms with Crippen LogP contribution in [-0.4, -0.2) is 47.3 Å². The van der Waals surface area contributed by atoms with E-state index in [1.165, 1.54) is 5.56 Å². The van der Waals surface area contributed by atoms with Crippen molar-refractivity contribution in [3.63, 3.8) is 0 Å². The van der Waals surface area contributed by atoms with Gasteiger partial charge in [-0.1, -0.05) is 29.8 Å². The number of piperidine rings is 1. The smallest absolute Gasteiger partial charge is 0.260 e. The zero-order chi connectivity index (χ0) is 15.7. The molecule has 1 aromatic carbocycles. The molecule has 0 aliphatic carbocycles. The summed E-state index contributed by atoms with van der Waals surface area (Å²) in [6, 6.07) is 7.73. The molecule has 1 aromatic rings. The number of carbonyl (C=O) groups excluding carboxylic acids is 1. The van der Waals surface area contributed by atoms with Gasteiger partial charge in [0.05, 0.1) is 12.6 Å². The molecule has 3 rings (SSSR count). The minimum absolute atomic E-state index is 0.00160. The van der Waals surface area contributed by atoms with Gasteiger partial charge >= 0.3 is 0 Å². The van der Waals surface area contributed by atoms with Gasteiger partial charge in [-0.25, -0.2) is 8.78 Å². The summed E-state index contributed by atoms with van der Waals surface area (Å²) < 4.78 is 27.1. The number of amides is 1. The van der Waals surface area contributed by atoms with Crippen LogP contribution in [0.1, 0.15) is 30.4 Å². The molecule has 1 amide bonds. The second kappa shape index (κ2) is 5.95. The molecule has 2 fully saturated rings. The lowest BCUT2D eigenvalue weighted by Gasteiger charge is -2.35. The van der Waals surface area contributed by atoms with Crippen molar-refractivity contribution >= 4 is 5.91 Å². The van der Waals surface area contributed by atoms with Crippen molar-refractivity contribution in [2.75, 3.05) is 19.6 Å². The number of nitrogens with zero attached hydrogens (tertiary/aromatic N) is 2. The van der Waals surface area contributed by atoms with Gasteiger partial charge in [-0.3, -0.25) is 9.69 Å². The number of alkyl halides is 2. The van der Waals surface area contributed by atoms with Gasteiger partial charge in [0.15, 0.2) is 0 Å². The number of benzene rings is 1. The number of halogens is 2. The number of likely N-dealkylation sites (tertiary alicyclic amines) is 2. The lowest BCUT2D eigenvalue weighted by molar-refractivity contribution is -0.136. The molecule has 0 aromatic heterocycles. The first-order valence-corrected chi connectivity index (χ1v) is 7.91. The monoisotopic (exact) mass is 308 g/mol. The van der Waals surface area contributed by atoms with E-state index in [2.05, 4.69) is 0 Å². The third-order valence-corrected chi connectivity index (χ3v) is 4.63. The van der Waals surface area contributed by atoms with Crippen molar-refractivity contribution in [1.82, 2.24) is 9.80 Å². The highest BCUT2D eigenvalue weighted by Gasteiger charge is 2.43. The van der Waals surface area contributed by atoms with Crippen LogP contribution in [0.3, 0.4) is 0 Å². The van der Waals surface area contributed by atoms with Crippen molar-refractivity contribution in [3.8, 4) is 0 Å². The van der Waals surface area contributed by atoms with Gasteiger partial charge in [-0.05, 0) is 31.9 Å². The van der Waals surface area contributed by atoms with E-state index in [1.54, 1.807) is 9.80 Å². The minimum Gasteiger partial charge on any atom is -0.337 e. The molecule has 1 unspecified atom stereocenters. The summed E-state index contributed by atoms with van der Waals surface area (Å²) in [4.78, 5) is 16.0. The van der Waals surface area contributed by atoms with Gasteiger partial charge in [0.2, 0.25) is 5.91 Å². The minimum atomic E-state index is -2.65. The molecule has 5 heteroatoms. The Morgan fingerprint density at radius 3 is 2.64 bits per heavy atom. The summed E-state index contributed by atoms with van der Waals surface area (Å²) in [5, 5.41) is 0. The van der Waals surface area contributed by atoms with E-state index < -0.39 is 5.92 Å². The number of aryl methyl sites for hydroxylation is 1. The first-order valence-electron chi connectivity index (χ1n) is 7.91. The van der Waals surface area contributed by atoms with Crippen LogP contribution in [-0.2, 0) is 11.3 Å². The maximum Gasteiger partial charge on any atom is 0.260 e. The first-order chi connectivity index (χ1) is 10.4. The fourth-order valence-electron chi connectivity index (χ4n) is 3.39. The lowest BCUT2D eigenvalue weighted by Crippen LogP contribution is -2.50. The van der Waals surface area contributed by atoms with Crippen LogP contribution in [0.25, 0.3) is 0 Å². The van der Waals surface area contributed by atoms with Crippen molar-refractivity contribution < 1.29 is 13.6 Å². The van der Waals surface area contributed by atoms with Crippen LogP contribution in [0, 0.1) is 6.92 Å². The summed E-state index contributed by atoms with van der Waals surface area (Å²) in [7, 11) is 0. The number of carbonyl (C=O) groups is 1. The molecule has 3 nitrogen and oxygen atoms in total. The van der Waals surface area contributed by atoms with E-state index in [1.807, 2.05) is 31.2 Å². The Morgan fingerprint density at radius 1 is 1.23 bits per heavy atom. The van der Waals surface area contributed by atoms with E-state index in [0.29, 0.717) is 32.5 Å². The Morgan fingerprint density at radius 2 is 1.95 bits per heavy atom. The Kier molecular flexibility index (Phi) is 4.17. The van der Waals surface area contributed by atoms with Crippen LogP contribution < -0.4 is 0 Å². The molecule has 0 saturated carbocycles. The third-order valence-electron chi connectivity index (χ3n) is 4.63. The van der Waals surface area contributed by atoms with Gasteiger partial charge in [0, 0.05) is 19.5 Å². The highest BCUT2D eigenvalue weighted by atomic mass is 19.3. The van der Waals surface area contributed by atoms with Crippen LogP contribution in [0.5, 0.6) is 0 Å². The third kappa shape index (κ3) is 3.29. The van der Waals surface area contributed by atoms with Gasteiger partial charge in [0.25, 0.3) is 5.92 Å². The molecule has 0 spiro atoms. The summed E-state index contributed by atoms with van der Waals surface area (Å²) >= 11 is 0. The van der Waals surface area contributed by atoms with Crippen molar-refractivity contribution in [1.29, 1.82) is 0 Å². The fraction of sp³-hybridized carbons (Fsp3) is 0.588. The van der Waals surface area contributed by atoms with E-state index >= 15 is 0 Å². The molecular formula is C17H22F2N2O. The summed E-state index contributed by atoms with van der Waals surface area (Å²) in [6.07, 6.45) is 1.06. The molecule has 2 saturated heterocycles. The van der Waals surface area contributed by atoms with Crippen LogP contribution in [0.4, 0.5) is 8.78 Å². The number of rotatable bonds is 3. The fourth-order valence-corrected chi connectivity index (χ4v) is 3.39. The van der Waals surface area contributed by atoms with E-state index in [9.17, 15) is 13.6 Å². The molecule has 0 bridgehead atoms.